The summed E-state index contributed by atoms with van der Waals surface area (Å²) >= 11 is 0. The van der Waals surface area contributed by atoms with Crippen molar-refractivity contribution < 1.29 is 22.4 Å². The molecule has 5 N–H and O–H groups in total. The Kier molecular flexibility index (Phi) is 4.79. The number of sulfone groups is 1. The number of benzene rings is 1. The fourth-order valence-electron chi connectivity index (χ4n) is 1.37. The van der Waals surface area contributed by atoms with E-state index in [0.29, 0.717) is 0 Å². The minimum absolute atomic E-state index is 0.155. The van der Waals surface area contributed by atoms with Gasteiger partial charge in [0.25, 0.3) is 0 Å². The molecule has 0 aliphatic rings. The lowest BCUT2D eigenvalue weighted by molar-refractivity contribution is -0.123. The van der Waals surface area contributed by atoms with E-state index < -0.39 is 39.9 Å². The Morgan fingerprint density at radius 2 is 2.00 bits per heavy atom. The Balaban J connectivity index is 2.98. The number of rotatable bonds is 5. The van der Waals surface area contributed by atoms with Gasteiger partial charge in [-0.1, -0.05) is 0 Å². The van der Waals surface area contributed by atoms with E-state index in [1.165, 1.54) is 0 Å². The van der Waals surface area contributed by atoms with Gasteiger partial charge in [0.1, 0.15) is 5.82 Å². The molecule has 9 heteroatoms. The highest BCUT2D eigenvalue weighted by Gasteiger charge is 2.18. The SMILES string of the molecule is CS(=O)(=O)c1ccc(F)c(NC(=O)C(N)CC(N)=O)c1. The summed E-state index contributed by atoms with van der Waals surface area (Å²) in [6.07, 6.45) is 0.546. The quantitative estimate of drug-likeness (QED) is 0.623. The lowest BCUT2D eigenvalue weighted by Crippen LogP contribution is -2.39. The normalized spacial score (nSPS) is 12.8. The van der Waals surface area contributed by atoms with E-state index in [1.807, 2.05) is 0 Å². The standard InChI is InChI=1S/C11H14FN3O4S/c1-20(18,19)6-2-3-7(12)9(4-6)15-11(17)8(13)5-10(14)16/h2-4,8H,5,13H2,1H3,(H2,14,16)(H,15,17). The van der Waals surface area contributed by atoms with Crippen molar-refractivity contribution in [3.63, 3.8) is 0 Å². The number of hydrogen-bond donors (Lipinski definition) is 3. The molecule has 0 saturated heterocycles. The van der Waals surface area contributed by atoms with Gasteiger partial charge < -0.3 is 16.8 Å². The van der Waals surface area contributed by atoms with Gasteiger partial charge in [0, 0.05) is 6.26 Å². The molecule has 0 heterocycles. The minimum atomic E-state index is -3.54. The Hall–Kier alpha value is -2.00. The Morgan fingerprint density at radius 3 is 2.50 bits per heavy atom. The molecule has 0 spiro atoms. The van der Waals surface area contributed by atoms with Crippen LogP contribution in [-0.4, -0.2) is 32.5 Å². The summed E-state index contributed by atoms with van der Waals surface area (Å²) in [6.45, 7) is 0. The van der Waals surface area contributed by atoms with Crippen LogP contribution in [0, 0.1) is 5.82 Å². The molecule has 110 valence electrons. The first-order valence-corrected chi connectivity index (χ1v) is 7.34. The fourth-order valence-corrected chi connectivity index (χ4v) is 2.01. The number of carbonyl (C=O) groups is 2. The number of amides is 2. The molecule has 1 atom stereocenters. The van der Waals surface area contributed by atoms with Crippen molar-refractivity contribution in [3.05, 3.63) is 24.0 Å². The molecule has 1 rings (SSSR count). The van der Waals surface area contributed by atoms with Crippen molar-refractivity contribution in [2.75, 3.05) is 11.6 Å². The molecule has 0 fully saturated rings. The van der Waals surface area contributed by atoms with Gasteiger partial charge >= 0.3 is 0 Å². The molecule has 1 unspecified atom stereocenters. The van der Waals surface area contributed by atoms with Crippen LogP contribution >= 0.6 is 0 Å². The topological polar surface area (TPSA) is 132 Å². The van der Waals surface area contributed by atoms with Crippen LogP contribution in [0.4, 0.5) is 10.1 Å². The average Bonchev–Trinajstić information content (AvgIpc) is 2.29. The van der Waals surface area contributed by atoms with Gasteiger partial charge in [-0.2, -0.15) is 0 Å². The molecule has 0 aromatic heterocycles. The van der Waals surface area contributed by atoms with Crippen LogP contribution in [0.15, 0.2) is 23.1 Å². The van der Waals surface area contributed by atoms with E-state index in [0.717, 1.165) is 24.5 Å². The Morgan fingerprint density at radius 1 is 1.40 bits per heavy atom. The number of hydrogen-bond acceptors (Lipinski definition) is 5. The number of anilines is 1. The zero-order valence-corrected chi connectivity index (χ0v) is 11.4. The second-order valence-corrected chi connectivity index (χ2v) is 6.20. The van der Waals surface area contributed by atoms with Crippen LogP contribution in [0.1, 0.15) is 6.42 Å². The van der Waals surface area contributed by atoms with Gasteiger partial charge in [0.2, 0.25) is 11.8 Å². The maximum atomic E-state index is 13.5. The summed E-state index contributed by atoms with van der Waals surface area (Å²) in [4.78, 5) is 22.1. The van der Waals surface area contributed by atoms with Crippen LogP contribution in [0.25, 0.3) is 0 Å². The number of carbonyl (C=O) groups excluding carboxylic acids is 2. The van der Waals surface area contributed by atoms with Crippen molar-refractivity contribution in [2.24, 2.45) is 11.5 Å². The summed E-state index contributed by atoms with van der Waals surface area (Å²) in [6, 6.07) is 1.71. The first-order chi connectivity index (χ1) is 9.11. The molecule has 0 aliphatic heterocycles. The van der Waals surface area contributed by atoms with E-state index >= 15 is 0 Å². The molecule has 2 amide bonds. The zero-order valence-electron chi connectivity index (χ0n) is 10.6. The highest BCUT2D eigenvalue weighted by molar-refractivity contribution is 7.90. The van der Waals surface area contributed by atoms with Crippen LogP contribution in [-0.2, 0) is 19.4 Å². The van der Waals surface area contributed by atoms with Gasteiger partial charge in [-0.25, -0.2) is 12.8 Å². The van der Waals surface area contributed by atoms with Crippen molar-refractivity contribution in [3.8, 4) is 0 Å². The summed E-state index contributed by atoms with van der Waals surface area (Å²) in [7, 11) is -3.54. The van der Waals surface area contributed by atoms with E-state index in [2.05, 4.69) is 5.32 Å². The van der Waals surface area contributed by atoms with Gasteiger partial charge in [-0.15, -0.1) is 0 Å². The molecule has 0 bridgehead atoms. The molecule has 0 saturated carbocycles. The molecule has 1 aromatic carbocycles. The zero-order chi connectivity index (χ0) is 15.5. The predicted molar refractivity (Wildman–Crippen MR) is 69.9 cm³/mol. The summed E-state index contributed by atoms with van der Waals surface area (Å²) in [5.41, 5.74) is 9.93. The molecule has 0 aliphatic carbocycles. The second-order valence-electron chi connectivity index (χ2n) is 4.18. The van der Waals surface area contributed by atoms with Crippen molar-refractivity contribution >= 4 is 27.3 Å². The third kappa shape index (κ3) is 4.28. The fraction of sp³-hybridized carbons (Fsp3) is 0.273. The Labute approximate surface area is 115 Å². The molecule has 7 nitrogen and oxygen atoms in total. The lowest BCUT2D eigenvalue weighted by Gasteiger charge is -2.12. The summed E-state index contributed by atoms with van der Waals surface area (Å²) < 4.78 is 36.2. The maximum Gasteiger partial charge on any atom is 0.241 e. The van der Waals surface area contributed by atoms with E-state index in [4.69, 9.17) is 11.5 Å². The van der Waals surface area contributed by atoms with Gasteiger partial charge in [0.05, 0.1) is 23.0 Å². The van der Waals surface area contributed by atoms with E-state index in [9.17, 15) is 22.4 Å². The summed E-state index contributed by atoms with van der Waals surface area (Å²) in [5, 5.41) is 2.12. The minimum Gasteiger partial charge on any atom is -0.370 e. The number of halogens is 1. The van der Waals surface area contributed by atoms with E-state index in [-0.39, 0.29) is 10.6 Å². The summed E-state index contributed by atoms with van der Waals surface area (Å²) in [5.74, 6) is -2.44. The molecule has 20 heavy (non-hydrogen) atoms. The molecular formula is C11H14FN3O4S. The highest BCUT2D eigenvalue weighted by Crippen LogP contribution is 2.19. The average molecular weight is 303 g/mol. The lowest BCUT2D eigenvalue weighted by atomic mass is 10.2. The second kappa shape index (κ2) is 5.97. The number of nitrogens with one attached hydrogen (secondary N) is 1. The van der Waals surface area contributed by atoms with Gasteiger partial charge in [0.15, 0.2) is 9.84 Å². The first kappa shape index (κ1) is 16.1. The third-order valence-electron chi connectivity index (χ3n) is 2.38. The van der Waals surface area contributed by atoms with Crippen LogP contribution in [0.5, 0.6) is 0 Å². The highest BCUT2D eigenvalue weighted by atomic mass is 32.2. The first-order valence-electron chi connectivity index (χ1n) is 5.45. The smallest absolute Gasteiger partial charge is 0.241 e. The predicted octanol–water partition coefficient (Wildman–Crippen LogP) is -0.630. The number of nitrogens with two attached hydrogens (primary N) is 2. The van der Waals surface area contributed by atoms with Crippen LogP contribution in [0.3, 0.4) is 0 Å². The monoisotopic (exact) mass is 303 g/mol. The third-order valence-corrected chi connectivity index (χ3v) is 3.49. The van der Waals surface area contributed by atoms with Gasteiger partial charge in [-0.3, -0.25) is 9.59 Å². The maximum absolute atomic E-state index is 13.5. The van der Waals surface area contributed by atoms with Crippen molar-refractivity contribution in [1.29, 1.82) is 0 Å². The van der Waals surface area contributed by atoms with E-state index in [1.54, 1.807) is 0 Å². The molecular weight excluding hydrogens is 289 g/mol. The molecule has 1 aromatic rings. The van der Waals surface area contributed by atoms with Crippen LogP contribution in [0.2, 0.25) is 0 Å². The van der Waals surface area contributed by atoms with Gasteiger partial charge in [-0.05, 0) is 18.2 Å². The van der Waals surface area contributed by atoms with Crippen LogP contribution < -0.4 is 16.8 Å². The number of primary amides is 1. The van der Waals surface area contributed by atoms with Crippen molar-refractivity contribution in [2.45, 2.75) is 17.4 Å². The van der Waals surface area contributed by atoms with Crippen molar-refractivity contribution in [1.82, 2.24) is 0 Å². The largest absolute Gasteiger partial charge is 0.370 e. The molecule has 0 radical (unpaired) electrons. The Bertz CT molecular complexity index is 645.